The summed E-state index contributed by atoms with van der Waals surface area (Å²) in [5, 5.41) is 11.2. The Morgan fingerprint density at radius 2 is 1.46 bits per heavy atom. The fourth-order valence-corrected chi connectivity index (χ4v) is 3.46. The number of benzene rings is 2. The summed E-state index contributed by atoms with van der Waals surface area (Å²) in [5.74, 6) is 0.183. The number of Topliss-reactive ketones (excluding diaryl/α,β-unsaturated/α-hetero) is 1. The highest BCUT2D eigenvalue weighted by atomic mass is 35.5. The van der Waals surface area contributed by atoms with Crippen LogP contribution in [0.15, 0.2) is 34.5 Å². The van der Waals surface area contributed by atoms with Gasteiger partial charge in [0.05, 0.1) is 36.5 Å². The first-order valence-electron chi connectivity index (χ1n) is 11.2. The molecule has 35 heavy (non-hydrogen) atoms. The van der Waals surface area contributed by atoms with Crippen LogP contribution in [0.3, 0.4) is 0 Å². The van der Waals surface area contributed by atoms with E-state index in [1.807, 2.05) is 20.8 Å². The lowest BCUT2D eigenvalue weighted by molar-refractivity contribution is -0.126. The van der Waals surface area contributed by atoms with Crippen LogP contribution >= 0.6 is 23.2 Å². The van der Waals surface area contributed by atoms with Crippen molar-refractivity contribution >= 4 is 46.3 Å². The monoisotopic (exact) mass is 525 g/mol. The summed E-state index contributed by atoms with van der Waals surface area (Å²) in [6.45, 7) is 9.94. The van der Waals surface area contributed by atoms with Crippen molar-refractivity contribution in [3.63, 3.8) is 0 Å². The molecule has 0 radical (unpaired) electrons. The molecule has 0 aliphatic rings. The maximum absolute atomic E-state index is 12.9. The molecule has 0 heterocycles. The minimum atomic E-state index is -1.45. The first-order chi connectivity index (χ1) is 16.8. The molecule has 0 spiro atoms. The average molecular weight is 526 g/mol. The van der Waals surface area contributed by atoms with Crippen LogP contribution in [0.4, 0.5) is 11.4 Å². The van der Waals surface area contributed by atoms with E-state index in [1.54, 1.807) is 25.1 Å². The number of hydrogen-bond acceptors (Lipinski definition) is 8. The lowest BCUT2D eigenvalue weighted by Crippen LogP contribution is -2.31. The van der Waals surface area contributed by atoms with E-state index in [-0.39, 0.29) is 21.5 Å². The van der Waals surface area contributed by atoms with E-state index in [9.17, 15) is 9.59 Å². The first-order valence-corrected chi connectivity index (χ1v) is 11.9. The third-order valence-corrected chi connectivity index (χ3v) is 4.99. The lowest BCUT2D eigenvalue weighted by Gasteiger charge is -2.16. The van der Waals surface area contributed by atoms with Crippen LogP contribution in [0.5, 0.6) is 23.0 Å². The third-order valence-electron chi connectivity index (χ3n) is 4.41. The molecule has 0 aliphatic carbocycles. The van der Waals surface area contributed by atoms with E-state index in [1.165, 1.54) is 13.0 Å². The van der Waals surface area contributed by atoms with Crippen molar-refractivity contribution in [1.82, 2.24) is 0 Å². The van der Waals surface area contributed by atoms with Crippen LogP contribution in [-0.4, -0.2) is 44.2 Å². The predicted octanol–water partition coefficient (Wildman–Crippen LogP) is 6.27. The van der Waals surface area contributed by atoms with Crippen molar-refractivity contribution in [2.75, 3.05) is 31.7 Å². The van der Waals surface area contributed by atoms with E-state index in [0.29, 0.717) is 49.4 Å². The molecule has 9 nitrogen and oxygen atoms in total. The van der Waals surface area contributed by atoms with Crippen molar-refractivity contribution in [1.29, 1.82) is 0 Å². The van der Waals surface area contributed by atoms with Crippen molar-refractivity contribution in [3.8, 4) is 23.0 Å². The second kappa shape index (κ2) is 13.7. The Morgan fingerprint density at radius 1 is 0.857 bits per heavy atom. The van der Waals surface area contributed by atoms with Gasteiger partial charge in [0.1, 0.15) is 5.69 Å². The number of hydrogen-bond donors (Lipinski definition) is 1. The second-order valence-corrected chi connectivity index (χ2v) is 7.77. The molecule has 2 rings (SSSR count). The summed E-state index contributed by atoms with van der Waals surface area (Å²) < 4.78 is 22.3. The zero-order valence-corrected chi connectivity index (χ0v) is 21.8. The van der Waals surface area contributed by atoms with Gasteiger partial charge < -0.3 is 24.3 Å². The lowest BCUT2D eigenvalue weighted by atomic mass is 10.2. The number of carbonyl (C=O) groups is 2. The fraction of sp³-hybridized carbons (Fsp3) is 0.417. The smallest absolute Gasteiger partial charge is 0.258 e. The Balaban J connectivity index is 2.37. The highest BCUT2D eigenvalue weighted by Gasteiger charge is 2.25. The van der Waals surface area contributed by atoms with Crippen molar-refractivity contribution in [2.45, 2.75) is 40.7 Å². The SMILES string of the molecule is CCOc1cc(NC(=O)C(N=Nc2c(Cl)ccc(OCC)c2OCC)C(C)=O)cc(Cl)c1OCC. The molecule has 11 heteroatoms. The predicted molar refractivity (Wildman–Crippen MR) is 135 cm³/mol. The van der Waals surface area contributed by atoms with E-state index >= 15 is 0 Å². The van der Waals surface area contributed by atoms with Crippen LogP contribution in [0, 0.1) is 0 Å². The maximum Gasteiger partial charge on any atom is 0.258 e. The van der Waals surface area contributed by atoms with Gasteiger partial charge in [-0.05, 0) is 52.8 Å². The van der Waals surface area contributed by atoms with Crippen LogP contribution in [0.25, 0.3) is 0 Å². The highest BCUT2D eigenvalue weighted by Crippen LogP contribution is 2.43. The summed E-state index contributed by atoms with van der Waals surface area (Å²) in [6, 6.07) is 4.83. The summed E-state index contributed by atoms with van der Waals surface area (Å²) in [6.07, 6.45) is 0. The second-order valence-electron chi connectivity index (χ2n) is 6.96. The molecule has 0 aromatic heterocycles. The van der Waals surface area contributed by atoms with Gasteiger partial charge in [-0.15, -0.1) is 5.11 Å². The van der Waals surface area contributed by atoms with Gasteiger partial charge in [0.25, 0.3) is 5.91 Å². The summed E-state index contributed by atoms with van der Waals surface area (Å²) in [4.78, 5) is 25.2. The van der Waals surface area contributed by atoms with E-state index in [4.69, 9.17) is 42.1 Å². The van der Waals surface area contributed by atoms with E-state index in [2.05, 4.69) is 15.5 Å². The van der Waals surface area contributed by atoms with Gasteiger partial charge in [0.2, 0.25) is 6.04 Å². The summed E-state index contributed by atoms with van der Waals surface area (Å²) >= 11 is 12.6. The third kappa shape index (κ3) is 7.47. The zero-order valence-electron chi connectivity index (χ0n) is 20.3. The Hall–Kier alpha value is -3.04. The minimum Gasteiger partial charge on any atom is -0.490 e. The number of rotatable bonds is 13. The van der Waals surface area contributed by atoms with Crippen molar-refractivity contribution < 1.29 is 28.5 Å². The largest absolute Gasteiger partial charge is 0.490 e. The Labute approximate surface area is 214 Å². The number of halogens is 2. The van der Waals surface area contributed by atoms with Crippen molar-refractivity contribution in [3.05, 3.63) is 34.3 Å². The number of nitrogens with one attached hydrogen (secondary N) is 1. The maximum atomic E-state index is 12.9. The normalized spacial score (nSPS) is 11.7. The van der Waals surface area contributed by atoms with Gasteiger partial charge in [-0.1, -0.05) is 23.2 Å². The molecule has 0 saturated heterocycles. The standard InChI is InChI=1S/C24H29Cl2N3O6/c1-6-32-18-11-10-16(25)21(23(18)35-9-4)29-28-20(14(5)30)24(31)27-15-12-17(26)22(34-8-3)19(13-15)33-7-2/h10-13,20H,6-9H2,1-5H3,(H,27,31). The molecule has 1 N–H and O–H groups in total. The molecule has 0 saturated carbocycles. The van der Waals surface area contributed by atoms with Crippen molar-refractivity contribution in [2.24, 2.45) is 10.2 Å². The molecule has 2 aromatic carbocycles. The number of ketones is 1. The number of anilines is 1. The van der Waals surface area contributed by atoms with Gasteiger partial charge in [0, 0.05) is 11.8 Å². The van der Waals surface area contributed by atoms with Crippen LogP contribution in [-0.2, 0) is 9.59 Å². The molecule has 0 fully saturated rings. The Kier molecular flexibility index (Phi) is 11.1. The van der Waals surface area contributed by atoms with Crippen LogP contribution in [0.2, 0.25) is 10.0 Å². The molecule has 190 valence electrons. The molecule has 0 bridgehead atoms. The Morgan fingerprint density at radius 3 is 2.06 bits per heavy atom. The quantitative estimate of drug-likeness (QED) is 0.244. The number of amides is 1. The number of azo groups is 1. The number of carbonyl (C=O) groups excluding carboxylic acids is 2. The molecule has 0 aliphatic heterocycles. The van der Waals surface area contributed by atoms with E-state index in [0.717, 1.165) is 0 Å². The van der Waals surface area contributed by atoms with Crippen LogP contribution < -0.4 is 24.3 Å². The van der Waals surface area contributed by atoms with Gasteiger partial charge in [0.15, 0.2) is 28.8 Å². The van der Waals surface area contributed by atoms with Gasteiger partial charge in [-0.3, -0.25) is 9.59 Å². The fourth-order valence-electron chi connectivity index (χ4n) is 3.01. The highest BCUT2D eigenvalue weighted by molar-refractivity contribution is 6.33. The zero-order chi connectivity index (χ0) is 26.0. The topological polar surface area (TPSA) is 108 Å². The first kappa shape index (κ1) is 28.2. The average Bonchev–Trinajstić information content (AvgIpc) is 2.80. The van der Waals surface area contributed by atoms with Gasteiger partial charge in [-0.25, -0.2) is 0 Å². The number of nitrogens with zero attached hydrogens (tertiary/aromatic N) is 2. The van der Waals surface area contributed by atoms with Gasteiger partial charge >= 0.3 is 0 Å². The molecule has 2 aromatic rings. The van der Waals surface area contributed by atoms with Crippen LogP contribution in [0.1, 0.15) is 34.6 Å². The molecule has 1 amide bonds. The molecule has 1 unspecified atom stereocenters. The number of ether oxygens (including phenoxy) is 4. The van der Waals surface area contributed by atoms with Gasteiger partial charge in [-0.2, -0.15) is 5.11 Å². The molecule has 1 atom stereocenters. The summed E-state index contributed by atoms with van der Waals surface area (Å²) in [5.41, 5.74) is 0.459. The molecular weight excluding hydrogens is 497 g/mol. The Bertz CT molecular complexity index is 1080. The molecular formula is C24H29Cl2N3O6. The van der Waals surface area contributed by atoms with E-state index < -0.39 is 17.7 Å². The minimum absolute atomic E-state index is 0.154. The summed E-state index contributed by atoms with van der Waals surface area (Å²) in [7, 11) is 0.